The number of nitrogens with one attached hydrogen (secondary N) is 1. The molecule has 0 saturated carbocycles. The summed E-state index contributed by atoms with van der Waals surface area (Å²) >= 11 is 0. The molecule has 132 valence electrons. The van der Waals surface area contributed by atoms with Crippen LogP contribution in [-0.4, -0.2) is 41.5 Å². The molecule has 2 atom stereocenters. The largest absolute Gasteiger partial charge is 0.382 e. The lowest BCUT2D eigenvalue weighted by molar-refractivity contribution is -0.0135. The number of nitrogens with two attached hydrogens (primary N) is 1. The van der Waals surface area contributed by atoms with Crippen molar-refractivity contribution in [3.63, 3.8) is 0 Å². The molecule has 2 aromatic rings. The number of nitrogens with zero attached hydrogens (tertiary/aromatic N) is 2. The molecule has 0 aliphatic heterocycles. The fourth-order valence-electron chi connectivity index (χ4n) is 2.56. The molecule has 0 aliphatic rings. The van der Waals surface area contributed by atoms with Gasteiger partial charge in [0.1, 0.15) is 5.65 Å². The maximum Gasteiger partial charge on any atom is 0.261 e. The Morgan fingerprint density at radius 3 is 2.71 bits per heavy atom. The summed E-state index contributed by atoms with van der Waals surface area (Å²) in [6.07, 6.45) is 7.38. The van der Waals surface area contributed by atoms with Crippen LogP contribution in [0.4, 0.5) is 5.95 Å². The standard InChI is InChI=1S/C14H22N4O3.C3H4/c1-4-9(11(21-3)8-20-2)7-18-6-5-10-12(18)16-14(15)17-13(10)19;1-3-2/h5-6,9,11H,4,7-8H2,1-3H3,(H3,15,16,17,19);1H,2H3. The van der Waals surface area contributed by atoms with Crippen LogP contribution in [-0.2, 0) is 16.0 Å². The Bertz CT molecular complexity index is 729. The monoisotopic (exact) mass is 334 g/mol. The zero-order valence-corrected chi connectivity index (χ0v) is 14.7. The molecule has 2 heterocycles. The Morgan fingerprint density at radius 1 is 1.50 bits per heavy atom. The first kappa shape index (κ1) is 19.7. The van der Waals surface area contributed by atoms with Crippen LogP contribution < -0.4 is 11.3 Å². The molecule has 0 amide bonds. The number of hydrogen-bond acceptors (Lipinski definition) is 5. The summed E-state index contributed by atoms with van der Waals surface area (Å²) in [7, 11) is 3.34. The van der Waals surface area contributed by atoms with E-state index >= 15 is 0 Å². The lowest BCUT2D eigenvalue weighted by atomic mass is 9.99. The third-order valence-corrected chi connectivity index (χ3v) is 3.76. The second kappa shape index (κ2) is 9.75. The number of aromatic nitrogens is 3. The van der Waals surface area contributed by atoms with Crippen molar-refractivity contribution in [3.8, 4) is 12.3 Å². The highest BCUT2D eigenvalue weighted by molar-refractivity contribution is 5.75. The molecule has 0 saturated heterocycles. The number of nitrogen functional groups attached to an aromatic ring is 1. The van der Waals surface area contributed by atoms with Gasteiger partial charge in [-0.1, -0.05) is 6.92 Å². The van der Waals surface area contributed by atoms with Gasteiger partial charge in [-0.3, -0.25) is 9.78 Å². The molecule has 0 radical (unpaired) electrons. The maximum atomic E-state index is 11.8. The van der Waals surface area contributed by atoms with Crippen molar-refractivity contribution >= 4 is 17.0 Å². The molecule has 2 aromatic heterocycles. The second-order valence-electron chi connectivity index (χ2n) is 5.34. The highest BCUT2D eigenvalue weighted by Gasteiger charge is 2.21. The fraction of sp³-hybridized carbons (Fsp3) is 0.529. The molecule has 0 aromatic carbocycles. The maximum absolute atomic E-state index is 11.8. The van der Waals surface area contributed by atoms with Gasteiger partial charge in [0.05, 0.1) is 18.1 Å². The molecule has 0 spiro atoms. The van der Waals surface area contributed by atoms with E-state index in [0.29, 0.717) is 24.2 Å². The van der Waals surface area contributed by atoms with Crippen molar-refractivity contribution in [1.82, 2.24) is 14.5 Å². The number of anilines is 1. The number of fused-ring (bicyclic) bond motifs is 1. The number of aromatic amines is 1. The third-order valence-electron chi connectivity index (χ3n) is 3.76. The number of methoxy groups -OCH3 is 2. The van der Waals surface area contributed by atoms with Crippen LogP contribution in [0.25, 0.3) is 11.0 Å². The first-order chi connectivity index (χ1) is 11.5. The number of ether oxygens (including phenoxy) is 2. The molecule has 0 bridgehead atoms. The van der Waals surface area contributed by atoms with Gasteiger partial charge in [-0.2, -0.15) is 4.98 Å². The normalized spacial score (nSPS) is 13.0. The Kier molecular flexibility index (Phi) is 8.02. The summed E-state index contributed by atoms with van der Waals surface area (Å²) < 4.78 is 12.6. The molecule has 0 fully saturated rings. The van der Waals surface area contributed by atoms with Crippen LogP contribution in [0.1, 0.15) is 20.3 Å². The topological polar surface area (TPSA) is 95.2 Å². The van der Waals surface area contributed by atoms with E-state index in [1.54, 1.807) is 27.2 Å². The van der Waals surface area contributed by atoms with E-state index in [2.05, 4.69) is 29.2 Å². The zero-order chi connectivity index (χ0) is 18.1. The lowest BCUT2D eigenvalue weighted by Gasteiger charge is -2.25. The summed E-state index contributed by atoms with van der Waals surface area (Å²) in [5.41, 5.74) is 6.01. The predicted octanol–water partition coefficient (Wildman–Crippen LogP) is 1.63. The summed E-state index contributed by atoms with van der Waals surface area (Å²) in [4.78, 5) is 18.6. The van der Waals surface area contributed by atoms with Crippen LogP contribution >= 0.6 is 0 Å². The van der Waals surface area contributed by atoms with E-state index in [9.17, 15) is 4.79 Å². The minimum Gasteiger partial charge on any atom is -0.382 e. The fourth-order valence-corrected chi connectivity index (χ4v) is 2.56. The van der Waals surface area contributed by atoms with Gasteiger partial charge < -0.3 is 19.8 Å². The van der Waals surface area contributed by atoms with Gasteiger partial charge in [0, 0.05) is 32.9 Å². The van der Waals surface area contributed by atoms with E-state index in [4.69, 9.17) is 15.2 Å². The number of terminal acetylenes is 1. The first-order valence-electron chi connectivity index (χ1n) is 7.75. The first-order valence-corrected chi connectivity index (χ1v) is 7.75. The van der Waals surface area contributed by atoms with Gasteiger partial charge in [-0.15, -0.1) is 12.3 Å². The second-order valence-corrected chi connectivity index (χ2v) is 5.34. The van der Waals surface area contributed by atoms with Gasteiger partial charge in [0.15, 0.2) is 0 Å². The van der Waals surface area contributed by atoms with Crippen molar-refractivity contribution in [1.29, 1.82) is 0 Å². The number of hydrogen-bond donors (Lipinski definition) is 2. The van der Waals surface area contributed by atoms with Gasteiger partial charge in [0.2, 0.25) is 5.95 Å². The lowest BCUT2D eigenvalue weighted by Crippen LogP contribution is -2.30. The van der Waals surface area contributed by atoms with Crippen LogP contribution in [0.15, 0.2) is 17.1 Å². The summed E-state index contributed by atoms with van der Waals surface area (Å²) in [5.74, 6) is 2.63. The minimum absolute atomic E-state index is 0.00297. The minimum atomic E-state index is -0.218. The van der Waals surface area contributed by atoms with E-state index < -0.39 is 0 Å². The highest BCUT2D eigenvalue weighted by atomic mass is 16.5. The van der Waals surface area contributed by atoms with E-state index in [0.717, 1.165) is 6.42 Å². The van der Waals surface area contributed by atoms with Crippen LogP contribution in [0.5, 0.6) is 0 Å². The van der Waals surface area contributed by atoms with Crippen molar-refractivity contribution in [2.45, 2.75) is 32.9 Å². The highest BCUT2D eigenvalue weighted by Crippen LogP contribution is 2.18. The average molecular weight is 334 g/mol. The number of rotatable bonds is 7. The predicted molar refractivity (Wildman–Crippen MR) is 95.7 cm³/mol. The van der Waals surface area contributed by atoms with Crippen molar-refractivity contribution in [3.05, 3.63) is 22.6 Å². The van der Waals surface area contributed by atoms with Gasteiger partial charge >= 0.3 is 0 Å². The molecule has 2 rings (SSSR count). The zero-order valence-electron chi connectivity index (χ0n) is 14.7. The Hall–Kier alpha value is -2.30. The van der Waals surface area contributed by atoms with E-state index in [1.807, 2.05) is 10.8 Å². The van der Waals surface area contributed by atoms with Gasteiger partial charge in [-0.25, -0.2) is 0 Å². The van der Waals surface area contributed by atoms with E-state index in [-0.39, 0.29) is 23.5 Å². The Balaban J connectivity index is 0.000000891. The molecule has 7 heteroatoms. The third kappa shape index (κ3) is 4.85. The molecular weight excluding hydrogens is 308 g/mol. The van der Waals surface area contributed by atoms with Gasteiger partial charge in [0.25, 0.3) is 5.56 Å². The summed E-state index contributed by atoms with van der Waals surface area (Å²) in [5, 5.41) is 0.541. The van der Waals surface area contributed by atoms with E-state index in [1.165, 1.54) is 0 Å². The van der Waals surface area contributed by atoms with Crippen LogP contribution in [0, 0.1) is 18.3 Å². The summed E-state index contributed by atoms with van der Waals surface area (Å²) in [6, 6.07) is 1.76. The van der Waals surface area contributed by atoms with Crippen molar-refractivity contribution < 1.29 is 9.47 Å². The van der Waals surface area contributed by atoms with Crippen molar-refractivity contribution in [2.24, 2.45) is 5.92 Å². The van der Waals surface area contributed by atoms with Crippen LogP contribution in [0.3, 0.4) is 0 Å². The Labute approximate surface area is 142 Å². The van der Waals surface area contributed by atoms with Crippen LogP contribution in [0.2, 0.25) is 0 Å². The van der Waals surface area contributed by atoms with Gasteiger partial charge in [-0.05, 0) is 19.4 Å². The average Bonchev–Trinajstić information content (AvgIpc) is 2.94. The number of H-pyrrole nitrogens is 1. The SMILES string of the molecule is C#CC.CCC(Cn1ccc2c(=O)[nH]c(N)nc21)C(COC)OC. The quantitative estimate of drug-likeness (QED) is 0.751. The molecule has 0 aliphatic carbocycles. The summed E-state index contributed by atoms with van der Waals surface area (Å²) in [6.45, 7) is 4.98. The van der Waals surface area contributed by atoms with Crippen molar-refractivity contribution in [2.75, 3.05) is 26.6 Å². The molecule has 3 N–H and O–H groups in total. The molecular formula is C17H26N4O3. The molecule has 7 nitrogen and oxygen atoms in total. The smallest absolute Gasteiger partial charge is 0.261 e. The molecule has 24 heavy (non-hydrogen) atoms. The molecule has 2 unspecified atom stereocenters. The Morgan fingerprint density at radius 2 is 2.17 bits per heavy atom.